The van der Waals surface area contributed by atoms with Crippen molar-refractivity contribution < 1.29 is 18.7 Å². The van der Waals surface area contributed by atoms with Crippen molar-refractivity contribution >= 4 is 5.91 Å². The third-order valence-electron chi connectivity index (χ3n) is 6.59. The molecule has 3 aliphatic rings. The van der Waals surface area contributed by atoms with Gasteiger partial charge >= 0.3 is 0 Å². The predicted molar refractivity (Wildman–Crippen MR) is 106 cm³/mol. The largest absolute Gasteiger partial charge is 0.454 e. The highest BCUT2D eigenvalue weighted by molar-refractivity contribution is 5.79. The molecule has 0 radical (unpaired) electrons. The Bertz CT molecular complexity index is 924. The zero-order chi connectivity index (χ0) is 19.8. The summed E-state index contributed by atoms with van der Waals surface area (Å²) in [5.41, 5.74) is 1.67. The van der Waals surface area contributed by atoms with E-state index in [1.54, 1.807) is 12.1 Å². The van der Waals surface area contributed by atoms with Crippen LogP contribution in [0.5, 0.6) is 11.5 Å². The van der Waals surface area contributed by atoms with Crippen LogP contribution in [0.25, 0.3) is 0 Å². The number of fused-ring (bicyclic) bond motifs is 1. The monoisotopic (exact) mass is 396 g/mol. The summed E-state index contributed by atoms with van der Waals surface area (Å²) in [4.78, 5) is 17.0. The fourth-order valence-electron chi connectivity index (χ4n) is 4.87. The second-order valence-corrected chi connectivity index (χ2v) is 8.26. The molecule has 0 bridgehead atoms. The summed E-state index contributed by atoms with van der Waals surface area (Å²) < 4.78 is 25.0. The van der Waals surface area contributed by atoms with Gasteiger partial charge in [-0.15, -0.1) is 0 Å². The van der Waals surface area contributed by atoms with Crippen molar-refractivity contribution in [2.45, 2.75) is 44.3 Å². The first-order valence-corrected chi connectivity index (χ1v) is 10.3. The molecule has 2 saturated heterocycles. The maximum Gasteiger partial charge on any atom is 0.231 e. The van der Waals surface area contributed by atoms with Gasteiger partial charge in [0.1, 0.15) is 5.82 Å². The first-order valence-electron chi connectivity index (χ1n) is 10.3. The summed E-state index contributed by atoms with van der Waals surface area (Å²) >= 11 is 0. The lowest BCUT2D eigenvalue weighted by atomic mass is 9.84. The Morgan fingerprint density at radius 3 is 2.59 bits per heavy atom. The maximum absolute atomic E-state index is 14.2. The van der Waals surface area contributed by atoms with Gasteiger partial charge in [0.05, 0.1) is 0 Å². The van der Waals surface area contributed by atoms with E-state index in [4.69, 9.17) is 9.47 Å². The average Bonchev–Trinajstić information content (AvgIpc) is 3.31. The van der Waals surface area contributed by atoms with Gasteiger partial charge in [0.2, 0.25) is 12.7 Å². The van der Waals surface area contributed by atoms with E-state index < -0.39 is 0 Å². The molecular formula is C23H25FN2O3. The molecular weight excluding hydrogens is 371 g/mol. The van der Waals surface area contributed by atoms with Crippen molar-refractivity contribution in [3.63, 3.8) is 0 Å². The van der Waals surface area contributed by atoms with Crippen molar-refractivity contribution in [1.29, 1.82) is 0 Å². The second-order valence-electron chi connectivity index (χ2n) is 8.26. The molecule has 2 fully saturated rings. The number of nitrogens with zero attached hydrogens (tertiary/aromatic N) is 2. The van der Waals surface area contributed by atoms with Gasteiger partial charge in [0, 0.05) is 43.7 Å². The van der Waals surface area contributed by atoms with E-state index in [2.05, 4.69) is 17.0 Å². The summed E-state index contributed by atoms with van der Waals surface area (Å²) in [6.45, 7) is 3.36. The van der Waals surface area contributed by atoms with Gasteiger partial charge in [-0.25, -0.2) is 4.39 Å². The summed E-state index contributed by atoms with van der Waals surface area (Å²) in [7, 11) is 0. The fourth-order valence-corrected chi connectivity index (χ4v) is 4.87. The van der Waals surface area contributed by atoms with Crippen LogP contribution in [0.4, 0.5) is 4.39 Å². The van der Waals surface area contributed by atoms with Gasteiger partial charge in [-0.2, -0.15) is 0 Å². The summed E-state index contributed by atoms with van der Waals surface area (Å²) in [6, 6.07) is 12.9. The smallest absolute Gasteiger partial charge is 0.231 e. The second kappa shape index (κ2) is 7.34. The van der Waals surface area contributed by atoms with Gasteiger partial charge in [-0.3, -0.25) is 9.69 Å². The molecule has 6 heteroatoms. The van der Waals surface area contributed by atoms with E-state index in [1.807, 2.05) is 17.0 Å². The number of piperidine rings is 1. The standard InChI is InChI=1S/C23H25FN2O3/c24-19-4-2-1-3-18(19)15-26-22(27)7-8-23(26)9-11-25(12-10-23)14-17-5-6-20-21(13-17)29-16-28-20/h1-6,13H,7-12,14-16H2. The number of halogens is 1. The first-order chi connectivity index (χ1) is 14.1. The van der Waals surface area contributed by atoms with Crippen LogP contribution in [-0.2, 0) is 17.9 Å². The van der Waals surface area contributed by atoms with E-state index in [1.165, 1.54) is 11.6 Å². The van der Waals surface area contributed by atoms with E-state index >= 15 is 0 Å². The van der Waals surface area contributed by atoms with Crippen LogP contribution in [0.2, 0.25) is 0 Å². The molecule has 1 spiro atoms. The number of carbonyl (C=O) groups is 1. The molecule has 2 aromatic rings. The Morgan fingerprint density at radius 1 is 0.966 bits per heavy atom. The van der Waals surface area contributed by atoms with Crippen LogP contribution >= 0.6 is 0 Å². The lowest BCUT2D eigenvalue weighted by Gasteiger charge is -2.45. The number of benzene rings is 2. The minimum absolute atomic E-state index is 0.134. The Labute approximate surface area is 170 Å². The van der Waals surface area contributed by atoms with E-state index in [0.717, 1.165) is 50.4 Å². The van der Waals surface area contributed by atoms with Gasteiger partial charge < -0.3 is 14.4 Å². The molecule has 3 heterocycles. The Kier molecular flexibility index (Phi) is 4.66. The van der Waals surface area contributed by atoms with Crippen LogP contribution < -0.4 is 9.47 Å². The molecule has 5 nitrogen and oxygen atoms in total. The molecule has 0 N–H and O–H groups in total. The lowest BCUT2D eigenvalue weighted by molar-refractivity contribution is -0.133. The minimum Gasteiger partial charge on any atom is -0.454 e. The molecule has 5 rings (SSSR count). The van der Waals surface area contributed by atoms with Crippen LogP contribution in [0.15, 0.2) is 42.5 Å². The number of ether oxygens (including phenoxy) is 2. The molecule has 1 amide bonds. The molecule has 152 valence electrons. The summed E-state index contributed by atoms with van der Waals surface area (Å²) in [5.74, 6) is 1.54. The van der Waals surface area contributed by atoms with E-state index in [-0.39, 0.29) is 24.1 Å². The lowest BCUT2D eigenvalue weighted by Crippen LogP contribution is -2.52. The van der Waals surface area contributed by atoms with Crippen molar-refractivity contribution in [3.05, 3.63) is 59.4 Å². The van der Waals surface area contributed by atoms with Crippen molar-refractivity contribution in [2.24, 2.45) is 0 Å². The highest BCUT2D eigenvalue weighted by Crippen LogP contribution is 2.41. The molecule has 29 heavy (non-hydrogen) atoms. The van der Waals surface area contributed by atoms with Gasteiger partial charge in [0.15, 0.2) is 11.5 Å². The summed E-state index contributed by atoms with van der Waals surface area (Å²) in [6.07, 6.45) is 3.30. The van der Waals surface area contributed by atoms with Crippen LogP contribution in [0, 0.1) is 5.82 Å². The fraction of sp³-hybridized carbons (Fsp3) is 0.435. The highest BCUT2D eigenvalue weighted by Gasteiger charge is 2.46. The number of hydrogen-bond acceptors (Lipinski definition) is 4. The number of carbonyl (C=O) groups excluding carboxylic acids is 1. The quantitative estimate of drug-likeness (QED) is 0.790. The minimum atomic E-state index is -0.234. The Hall–Kier alpha value is -2.60. The van der Waals surface area contributed by atoms with Gasteiger partial charge in [-0.05, 0) is 43.0 Å². The number of likely N-dealkylation sites (tertiary alicyclic amines) is 2. The Balaban J connectivity index is 1.26. The Morgan fingerprint density at radius 2 is 1.76 bits per heavy atom. The normalized spacial score (nSPS) is 20.6. The molecule has 0 aromatic heterocycles. The van der Waals surface area contributed by atoms with Crippen molar-refractivity contribution in [2.75, 3.05) is 19.9 Å². The van der Waals surface area contributed by atoms with Crippen LogP contribution in [-0.4, -0.2) is 41.1 Å². The van der Waals surface area contributed by atoms with E-state index in [0.29, 0.717) is 18.5 Å². The third-order valence-corrected chi connectivity index (χ3v) is 6.59. The van der Waals surface area contributed by atoms with E-state index in [9.17, 15) is 9.18 Å². The number of rotatable bonds is 4. The molecule has 2 aromatic carbocycles. The predicted octanol–water partition coefficient (Wildman–Crippen LogP) is 3.71. The molecule has 0 saturated carbocycles. The zero-order valence-electron chi connectivity index (χ0n) is 16.4. The highest BCUT2D eigenvalue weighted by atomic mass is 19.1. The van der Waals surface area contributed by atoms with Crippen LogP contribution in [0.1, 0.15) is 36.8 Å². The zero-order valence-corrected chi connectivity index (χ0v) is 16.4. The summed E-state index contributed by atoms with van der Waals surface area (Å²) in [5, 5.41) is 0. The molecule has 0 unspecified atom stereocenters. The molecule has 0 aliphatic carbocycles. The third kappa shape index (κ3) is 3.46. The van der Waals surface area contributed by atoms with Crippen molar-refractivity contribution in [3.8, 4) is 11.5 Å². The first kappa shape index (κ1) is 18.4. The van der Waals surface area contributed by atoms with Crippen molar-refractivity contribution in [1.82, 2.24) is 9.80 Å². The number of hydrogen-bond donors (Lipinski definition) is 0. The molecule has 0 atom stereocenters. The maximum atomic E-state index is 14.2. The van der Waals surface area contributed by atoms with Gasteiger partial charge in [0.25, 0.3) is 0 Å². The molecule has 3 aliphatic heterocycles. The average molecular weight is 396 g/mol. The number of amides is 1. The topological polar surface area (TPSA) is 42.0 Å². The van der Waals surface area contributed by atoms with Gasteiger partial charge in [-0.1, -0.05) is 24.3 Å². The SMILES string of the molecule is O=C1CCC2(CCN(Cc3ccc4c(c3)OCO4)CC2)N1Cc1ccccc1F. The van der Waals surface area contributed by atoms with Crippen LogP contribution in [0.3, 0.4) is 0 Å².